The molecule has 4 nitrogen and oxygen atoms in total. The molecule has 0 bridgehead atoms. The van der Waals surface area contributed by atoms with E-state index in [4.69, 9.17) is 17.3 Å². The van der Waals surface area contributed by atoms with Gasteiger partial charge < -0.3 is 11.1 Å². The largest absolute Gasteiger partial charge is 0.370 e. The second kappa shape index (κ2) is 7.12. The van der Waals surface area contributed by atoms with Crippen LogP contribution in [0.2, 0.25) is 4.34 Å². The van der Waals surface area contributed by atoms with Crippen LogP contribution >= 0.6 is 22.9 Å². The fraction of sp³-hybridized carbons (Fsp3) is 0.615. The summed E-state index contributed by atoms with van der Waals surface area (Å²) in [7, 11) is 0. The molecular formula is C13H21ClN4S. The molecule has 0 spiro atoms. The summed E-state index contributed by atoms with van der Waals surface area (Å²) in [5, 5.41) is 3.22. The summed E-state index contributed by atoms with van der Waals surface area (Å²) >= 11 is 7.42. The number of aliphatic imine (C=N–C) groups is 1. The minimum absolute atomic E-state index is 0.521. The highest BCUT2D eigenvalue weighted by Crippen LogP contribution is 2.21. The van der Waals surface area contributed by atoms with Crippen LogP contribution in [-0.4, -0.2) is 36.5 Å². The monoisotopic (exact) mass is 300 g/mol. The van der Waals surface area contributed by atoms with Gasteiger partial charge in [-0.05, 0) is 38.1 Å². The molecule has 1 aromatic heterocycles. The van der Waals surface area contributed by atoms with Crippen molar-refractivity contribution >= 4 is 28.9 Å². The molecule has 1 aliphatic rings. The Bertz CT molecular complexity index is 432. The van der Waals surface area contributed by atoms with Crippen LogP contribution in [0.3, 0.4) is 0 Å². The quantitative estimate of drug-likeness (QED) is 0.648. The van der Waals surface area contributed by atoms with Crippen molar-refractivity contribution in [2.75, 3.05) is 19.6 Å². The Labute approximate surface area is 123 Å². The molecule has 0 radical (unpaired) electrons. The average molecular weight is 301 g/mol. The standard InChI is InChI=1S/C13H21ClN4S/c1-2-18-7-3-4-10(18)8-16-13(15)17-9-11-5-6-12(14)19-11/h5-6,10H,2-4,7-9H2,1H3,(H3,15,16,17). The van der Waals surface area contributed by atoms with Crippen LogP contribution in [0.25, 0.3) is 0 Å². The Morgan fingerprint density at radius 3 is 3.16 bits per heavy atom. The Balaban J connectivity index is 1.76. The fourth-order valence-corrected chi connectivity index (χ4v) is 3.43. The van der Waals surface area contributed by atoms with Gasteiger partial charge in [-0.3, -0.25) is 4.90 Å². The molecule has 0 aromatic carbocycles. The molecule has 1 saturated heterocycles. The molecule has 3 N–H and O–H groups in total. The van der Waals surface area contributed by atoms with E-state index in [2.05, 4.69) is 22.1 Å². The number of nitrogens with one attached hydrogen (secondary N) is 1. The molecule has 0 aliphatic carbocycles. The van der Waals surface area contributed by atoms with E-state index >= 15 is 0 Å². The molecule has 1 aliphatic heterocycles. The Hall–Kier alpha value is -0.780. The number of likely N-dealkylation sites (N-methyl/N-ethyl adjacent to an activating group) is 1. The van der Waals surface area contributed by atoms with Crippen molar-refractivity contribution in [3.63, 3.8) is 0 Å². The van der Waals surface area contributed by atoms with Gasteiger partial charge in [0.2, 0.25) is 0 Å². The second-order valence-corrected chi connectivity index (χ2v) is 6.51. The molecule has 1 atom stereocenters. The van der Waals surface area contributed by atoms with E-state index in [9.17, 15) is 0 Å². The number of nitrogens with two attached hydrogens (primary N) is 1. The van der Waals surface area contributed by atoms with Gasteiger partial charge in [-0.25, -0.2) is 4.99 Å². The molecule has 2 heterocycles. The van der Waals surface area contributed by atoms with E-state index in [0.717, 1.165) is 22.3 Å². The number of hydrogen-bond acceptors (Lipinski definition) is 3. The van der Waals surface area contributed by atoms with Gasteiger partial charge in [0.15, 0.2) is 5.96 Å². The predicted octanol–water partition coefficient (Wildman–Crippen LogP) is 2.29. The number of likely N-dealkylation sites (tertiary alicyclic amines) is 1. The van der Waals surface area contributed by atoms with E-state index in [1.54, 1.807) is 11.3 Å². The lowest BCUT2D eigenvalue weighted by Gasteiger charge is -2.23. The fourth-order valence-electron chi connectivity index (χ4n) is 2.42. The van der Waals surface area contributed by atoms with E-state index < -0.39 is 0 Å². The molecule has 2 rings (SSSR count). The number of rotatable bonds is 5. The lowest BCUT2D eigenvalue weighted by Crippen LogP contribution is -2.42. The van der Waals surface area contributed by atoms with Crippen LogP contribution in [-0.2, 0) is 6.54 Å². The maximum atomic E-state index is 5.89. The van der Waals surface area contributed by atoms with Gasteiger partial charge in [-0.2, -0.15) is 0 Å². The lowest BCUT2D eigenvalue weighted by atomic mass is 10.2. The van der Waals surface area contributed by atoms with Crippen LogP contribution in [0.15, 0.2) is 17.1 Å². The van der Waals surface area contributed by atoms with Crippen LogP contribution in [0.4, 0.5) is 0 Å². The summed E-state index contributed by atoms with van der Waals surface area (Å²) in [5.74, 6) is 0.521. The van der Waals surface area contributed by atoms with Crippen LogP contribution in [0.5, 0.6) is 0 Å². The highest BCUT2D eigenvalue weighted by Gasteiger charge is 2.22. The first-order valence-electron chi connectivity index (χ1n) is 6.71. The number of guanidine groups is 1. The van der Waals surface area contributed by atoms with Crippen LogP contribution in [0, 0.1) is 0 Å². The van der Waals surface area contributed by atoms with Crippen LogP contribution < -0.4 is 11.1 Å². The third kappa shape index (κ3) is 4.37. The van der Waals surface area contributed by atoms with E-state index in [-0.39, 0.29) is 0 Å². The van der Waals surface area contributed by atoms with Crippen molar-refractivity contribution < 1.29 is 0 Å². The second-order valence-electron chi connectivity index (χ2n) is 4.71. The summed E-state index contributed by atoms with van der Waals surface area (Å²) in [6.45, 7) is 5.99. The van der Waals surface area contributed by atoms with Crippen molar-refractivity contribution in [1.82, 2.24) is 10.2 Å². The van der Waals surface area contributed by atoms with Crippen molar-refractivity contribution in [1.29, 1.82) is 0 Å². The highest BCUT2D eigenvalue weighted by atomic mass is 35.5. The Morgan fingerprint density at radius 2 is 2.47 bits per heavy atom. The zero-order chi connectivity index (χ0) is 13.7. The smallest absolute Gasteiger partial charge is 0.189 e. The summed E-state index contributed by atoms with van der Waals surface area (Å²) in [6, 6.07) is 4.47. The van der Waals surface area contributed by atoms with Crippen molar-refractivity contribution in [3.05, 3.63) is 21.3 Å². The first kappa shape index (κ1) is 14.6. The molecule has 1 aromatic rings. The van der Waals surface area contributed by atoms with Gasteiger partial charge in [0.05, 0.1) is 10.9 Å². The normalized spacial score (nSPS) is 20.9. The first-order chi connectivity index (χ1) is 9.19. The van der Waals surface area contributed by atoms with Gasteiger partial charge in [0, 0.05) is 17.5 Å². The zero-order valence-corrected chi connectivity index (χ0v) is 12.8. The van der Waals surface area contributed by atoms with Crippen molar-refractivity contribution in [2.24, 2.45) is 10.7 Å². The maximum absolute atomic E-state index is 5.89. The van der Waals surface area contributed by atoms with Crippen LogP contribution in [0.1, 0.15) is 24.6 Å². The third-order valence-electron chi connectivity index (χ3n) is 3.46. The SMILES string of the molecule is CCN1CCCC1CNC(N)=NCc1ccc(Cl)s1. The minimum atomic E-state index is 0.521. The van der Waals surface area contributed by atoms with E-state index in [1.165, 1.54) is 19.4 Å². The van der Waals surface area contributed by atoms with Crippen molar-refractivity contribution in [2.45, 2.75) is 32.4 Å². The number of nitrogens with zero attached hydrogens (tertiary/aromatic N) is 2. The Kier molecular flexibility index (Phi) is 5.48. The predicted molar refractivity (Wildman–Crippen MR) is 82.9 cm³/mol. The summed E-state index contributed by atoms with van der Waals surface area (Å²) < 4.78 is 0.793. The van der Waals surface area contributed by atoms with E-state index in [1.807, 2.05) is 12.1 Å². The molecule has 0 amide bonds. The number of thiophene rings is 1. The van der Waals surface area contributed by atoms with Gasteiger partial charge in [-0.1, -0.05) is 18.5 Å². The number of hydrogen-bond donors (Lipinski definition) is 2. The zero-order valence-electron chi connectivity index (χ0n) is 11.2. The topological polar surface area (TPSA) is 53.6 Å². The van der Waals surface area contributed by atoms with Crippen molar-refractivity contribution in [3.8, 4) is 0 Å². The molecule has 1 fully saturated rings. The average Bonchev–Trinajstić information content (AvgIpc) is 3.02. The highest BCUT2D eigenvalue weighted by molar-refractivity contribution is 7.16. The summed E-state index contributed by atoms with van der Waals surface area (Å²) in [6.07, 6.45) is 2.53. The molecule has 6 heteroatoms. The van der Waals surface area contributed by atoms with Gasteiger partial charge in [0.25, 0.3) is 0 Å². The lowest BCUT2D eigenvalue weighted by molar-refractivity contribution is 0.267. The summed E-state index contributed by atoms with van der Waals surface area (Å²) in [5.41, 5.74) is 5.89. The number of halogens is 1. The van der Waals surface area contributed by atoms with Gasteiger partial charge >= 0.3 is 0 Å². The molecule has 0 saturated carbocycles. The molecule has 19 heavy (non-hydrogen) atoms. The maximum Gasteiger partial charge on any atom is 0.189 e. The minimum Gasteiger partial charge on any atom is -0.370 e. The first-order valence-corrected chi connectivity index (χ1v) is 7.90. The Morgan fingerprint density at radius 1 is 1.63 bits per heavy atom. The molecule has 106 valence electrons. The summed E-state index contributed by atoms with van der Waals surface area (Å²) in [4.78, 5) is 7.95. The molecular weight excluding hydrogens is 280 g/mol. The molecule has 1 unspecified atom stereocenters. The van der Waals surface area contributed by atoms with Gasteiger partial charge in [-0.15, -0.1) is 11.3 Å². The third-order valence-corrected chi connectivity index (χ3v) is 4.67. The van der Waals surface area contributed by atoms with E-state index in [0.29, 0.717) is 18.5 Å². The van der Waals surface area contributed by atoms with Gasteiger partial charge in [0.1, 0.15) is 0 Å².